The molecule has 7 nitrogen and oxygen atoms in total. The second-order valence-corrected chi connectivity index (χ2v) is 9.43. The molecular formula is C27H39N3O4. The van der Waals surface area contributed by atoms with Gasteiger partial charge in [0.2, 0.25) is 11.8 Å². The predicted octanol–water partition coefficient (Wildman–Crippen LogP) is 4.36. The van der Waals surface area contributed by atoms with E-state index in [0.29, 0.717) is 18.9 Å². The van der Waals surface area contributed by atoms with Crippen molar-refractivity contribution in [3.8, 4) is 0 Å². The number of para-hydroxylation sites is 1. The van der Waals surface area contributed by atoms with Gasteiger partial charge < -0.3 is 19.9 Å². The summed E-state index contributed by atoms with van der Waals surface area (Å²) in [6, 6.07) is 7.21. The molecule has 1 aliphatic carbocycles. The van der Waals surface area contributed by atoms with Crippen molar-refractivity contribution in [3.05, 3.63) is 36.0 Å². The van der Waals surface area contributed by atoms with Crippen LogP contribution >= 0.6 is 0 Å². The van der Waals surface area contributed by atoms with Gasteiger partial charge in [0.05, 0.1) is 13.5 Å². The van der Waals surface area contributed by atoms with E-state index in [1.807, 2.05) is 30.5 Å². The van der Waals surface area contributed by atoms with Crippen LogP contribution in [-0.4, -0.2) is 53.9 Å². The first kappa shape index (κ1) is 25.8. The normalized spacial score (nSPS) is 15.1. The Hall–Kier alpha value is -2.83. The highest BCUT2D eigenvalue weighted by Gasteiger charge is 2.28. The van der Waals surface area contributed by atoms with Gasteiger partial charge in [0.25, 0.3) is 0 Å². The number of rotatable bonds is 12. The number of carbonyl (C=O) groups excluding carboxylic acids is 3. The van der Waals surface area contributed by atoms with E-state index in [0.717, 1.165) is 35.7 Å². The Morgan fingerprint density at radius 3 is 2.68 bits per heavy atom. The summed E-state index contributed by atoms with van der Waals surface area (Å²) in [5.41, 5.74) is 1.88. The summed E-state index contributed by atoms with van der Waals surface area (Å²) in [6.45, 7) is 2.49. The zero-order chi connectivity index (χ0) is 24.3. The van der Waals surface area contributed by atoms with Crippen molar-refractivity contribution in [3.63, 3.8) is 0 Å². The largest absolute Gasteiger partial charge is 0.468 e. The molecule has 0 aliphatic heterocycles. The van der Waals surface area contributed by atoms with Crippen molar-refractivity contribution in [2.45, 2.75) is 77.2 Å². The standard InChI is InChI=1S/C27H39N3O4/c1-3-4-13-24(29-25(31)17-21-18-28-23-14-9-8-12-22(21)23)27(33)30(19-26(32)34-2)16-15-20-10-6-5-7-11-20/h8-9,12,14,18,20,24,28H,3-7,10-11,13,15-17,19H2,1-2H3,(H,29,31)/t24-/m0/s1. The van der Waals surface area contributed by atoms with Crippen LogP contribution in [0.25, 0.3) is 10.9 Å². The van der Waals surface area contributed by atoms with Crippen molar-refractivity contribution in [2.24, 2.45) is 5.92 Å². The molecule has 1 fully saturated rings. The maximum atomic E-state index is 13.5. The van der Waals surface area contributed by atoms with E-state index in [1.54, 1.807) is 4.90 Å². The summed E-state index contributed by atoms with van der Waals surface area (Å²) in [7, 11) is 1.34. The molecule has 2 aromatic rings. The van der Waals surface area contributed by atoms with Crippen LogP contribution < -0.4 is 5.32 Å². The van der Waals surface area contributed by atoms with Gasteiger partial charge in [-0.2, -0.15) is 0 Å². The molecule has 7 heteroatoms. The van der Waals surface area contributed by atoms with Gasteiger partial charge >= 0.3 is 5.97 Å². The number of aromatic nitrogens is 1. The number of unbranched alkanes of at least 4 members (excludes halogenated alkanes) is 1. The van der Waals surface area contributed by atoms with E-state index in [4.69, 9.17) is 4.74 Å². The third-order valence-corrected chi connectivity index (χ3v) is 6.90. The van der Waals surface area contributed by atoms with E-state index in [9.17, 15) is 14.4 Å². The first-order valence-corrected chi connectivity index (χ1v) is 12.7. The van der Waals surface area contributed by atoms with Crippen LogP contribution in [0.5, 0.6) is 0 Å². The minimum Gasteiger partial charge on any atom is -0.468 e. The average molecular weight is 470 g/mol. The van der Waals surface area contributed by atoms with Gasteiger partial charge in [0.1, 0.15) is 12.6 Å². The van der Waals surface area contributed by atoms with Crippen molar-refractivity contribution in [1.82, 2.24) is 15.2 Å². The molecule has 2 N–H and O–H groups in total. The van der Waals surface area contributed by atoms with E-state index in [2.05, 4.69) is 17.2 Å². The van der Waals surface area contributed by atoms with E-state index >= 15 is 0 Å². The summed E-state index contributed by atoms with van der Waals surface area (Å²) in [4.78, 5) is 43.3. The average Bonchev–Trinajstić information content (AvgIpc) is 3.27. The molecule has 1 aromatic heterocycles. The smallest absolute Gasteiger partial charge is 0.325 e. The Bertz CT molecular complexity index is 948. The number of aromatic amines is 1. The number of esters is 1. The van der Waals surface area contributed by atoms with Gasteiger partial charge in [-0.25, -0.2) is 0 Å². The maximum Gasteiger partial charge on any atom is 0.325 e. The molecule has 1 aliphatic rings. The summed E-state index contributed by atoms with van der Waals surface area (Å²) in [5.74, 6) is -0.227. The zero-order valence-electron chi connectivity index (χ0n) is 20.6. The van der Waals surface area contributed by atoms with Gasteiger partial charge in [-0.15, -0.1) is 0 Å². The van der Waals surface area contributed by atoms with Gasteiger partial charge in [0.15, 0.2) is 0 Å². The lowest BCUT2D eigenvalue weighted by atomic mass is 9.87. The van der Waals surface area contributed by atoms with E-state index in [1.165, 1.54) is 39.2 Å². The van der Waals surface area contributed by atoms with E-state index < -0.39 is 12.0 Å². The van der Waals surface area contributed by atoms with Crippen LogP contribution in [0.1, 0.15) is 70.3 Å². The molecule has 0 bridgehead atoms. The van der Waals surface area contributed by atoms with Crippen molar-refractivity contribution in [2.75, 3.05) is 20.2 Å². The topological polar surface area (TPSA) is 91.5 Å². The van der Waals surface area contributed by atoms with Gasteiger partial charge in [-0.3, -0.25) is 14.4 Å². The first-order valence-electron chi connectivity index (χ1n) is 12.7. The number of hydrogen-bond acceptors (Lipinski definition) is 4. The fourth-order valence-corrected chi connectivity index (χ4v) is 4.88. The maximum absolute atomic E-state index is 13.5. The lowest BCUT2D eigenvalue weighted by molar-refractivity contribution is -0.148. The summed E-state index contributed by atoms with van der Waals surface area (Å²) in [6.07, 6.45) is 11.3. The van der Waals surface area contributed by atoms with Crippen molar-refractivity contribution >= 4 is 28.7 Å². The molecule has 0 spiro atoms. The molecule has 1 heterocycles. The Kier molecular flexibility index (Phi) is 9.98. The molecule has 0 unspecified atom stereocenters. The second-order valence-electron chi connectivity index (χ2n) is 9.43. The van der Waals surface area contributed by atoms with Crippen LogP contribution in [0.2, 0.25) is 0 Å². The van der Waals surface area contributed by atoms with Crippen LogP contribution in [0.15, 0.2) is 30.5 Å². The van der Waals surface area contributed by atoms with Crippen LogP contribution in [0.4, 0.5) is 0 Å². The molecule has 3 rings (SSSR count). The quantitative estimate of drug-likeness (QED) is 0.452. The number of nitrogens with one attached hydrogen (secondary N) is 2. The van der Waals surface area contributed by atoms with Crippen LogP contribution in [0.3, 0.4) is 0 Å². The summed E-state index contributed by atoms with van der Waals surface area (Å²) in [5, 5.41) is 3.98. The summed E-state index contributed by atoms with van der Waals surface area (Å²) >= 11 is 0. The molecule has 0 radical (unpaired) electrons. The Morgan fingerprint density at radius 2 is 1.94 bits per heavy atom. The molecule has 186 valence electrons. The fraction of sp³-hybridized carbons (Fsp3) is 0.593. The molecular weight excluding hydrogens is 430 g/mol. The lowest BCUT2D eigenvalue weighted by Gasteiger charge is -2.29. The van der Waals surface area contributed by atoms with Crippen molar-refractivity contribution < 1.29 is 19.1 Å². The number of benzene rings is 1. The predicted molar refractivity (Wildman–Crippen MR) is 133 cm³/mol. The number of hydrogen-bond donors (Lipinski definition) is 2. The third kappa shape index (κ3) is 7.34. The highest BCUT2D eigenvalue weighted by atomic mass is 16.5. The van der Waals surface area contributed by atoms with E-state index in [-0.39, 0.29) is 24.8 Å². The Balaban J connectivity index is 1.67. The number of ether oxygens (including phenoxy) is 1. The fourth-order valence-electron chi connectivity index (χ4n) is 4.88. The number of methoxy groups -OCH3 is 1. The van der Waals surface area contributed by atoms with Gasteiger partial charge in [0, 0.05) is 23.6 Å². The Labute approximate surface area is 202 Å². The number of nitrogens with zero attached hydrogens (tertiary/aromatic N) is 1. The highest BCUT2D eigenvalue weighted by Crippen LogP contribution is 2.26. The molecule has 2 amide bonds. The number of carbonyl (C=O) groups is 3. The number of H-pyrrole nitrogens is 1. The van der Waals surface area contributed by atoms with Crippen molar-refractivity contribution in [1.29, 1.82) is 0 Å². The molecule has 1 atom stereocenters. The molecule has 1 aromatic carbocycles. The zero-order valence-corrected chi connectivity index (χ0v) is 20.6. The molecule has 1 saturated carbocycles. The van der Waals surface area contributed by atoms with Crippen LogP contribution in [-0.2, 0) is 25.5 Å². The Morgan fingerprint density at radius 1 is 1.18 bits per heavy atom. The minimum atomic E-state index is -0.645. The van der Waals surface area contributed by atoms with Gasteiger partial charge in [-0.05, 0) is 30.4 Å². The first-order chi connectivity index (χ1) is 16.5. The summed E-state index contributed by atoms with van der Waals surface area (Å²) < 4.78 is 4.85. The highest BCUT2D eigenvalue weighted by molar-refractivity contribution is 5.92. The lowest BCUT2D eigenvalue weighted by Crippen LogP contribution is -2.50. The molecule has 0 saturated heterocycles. The third-order valence-electron chi connectivity index (χ3n) is 6.90. The second kappa shape index (κ2) is 13.2. The molecule has 34 heavy (non-hydrogen) atoms. The monoisotopic (exact) mass is 469 g/mol. The number of amides is 2. The number of fused-ring (bicyclic) bond motifs is 1. The minimum absolute atomic E-state index is 0.0804. The van der Waals surface area contributed by atoms with Gasteiger partial charge in [-0.1, -0.05) is 70.1 Å². The SMILES string of the molecule is CCCC[C@H](NC(=O)Cc1c[nH]c2ccccc12)C(=O)N(CCC1CCCCC1)CC(=O)OC. The van der Waals surface area contributed by atoms with Crippen LogP contribution in [0, 0.1) is 5.92 Å².